The van der Waals surface area contributed by atoms with Crippen molar-refractivity contribution in [2.45, 2.75) is 45.7 Å². The Balaban J connectivity index is 1.62. The van der Waals surface area contributed by atoms with Crippen molar-refractivity contribution in [3.05, 3.63) is 42.0 Å². The van der Waals surface area contributed by atoms with Crippen LogP contribution in [0.2, 0.25) is 0 Å². The molecule has 1 saturated heterocycles. The van der Waals surface area contributed by atoms with Gasteiger partial charge in [0.15, 0.2) is 0 Å². The Morgan fingerprint density at radius 3 is 2.73 bits per heavy atom. The summed E-state index contributed by atoms with van der Waals surface area (Å²) in [5, 5.41) is 0. The van der Waals surface area contributed by atoms with Crippen LogP contribution in [-0.4, -0.2) is 47.0 Å². The van der Waals surface area contributed by atoms with Crippen molar-refractivity contribution >= 4 is 11.6 Å². The Hall–Kier alpha value is -2.34. The number of nitrogens with zero attached hydrogens (tertiary/aromatic N) is 3. The van der Waals surface area contributed by atoms with Gasteiger partial charge in [0, 0.05) is 43.6 Å². The molecule has 0 bridgehead atoms. The molecule has 6 heteroatoms. The van der Waals surface area contributed by atoms with Gasteiger partial charge in [0.05, 0.1) is 13.2 Å². The zero-order valence-corrected chi connectivity index (χ0v) is 15.9. The van der Waals surface area contributed by atoms with Crippen molar-refractivity contribution in [3.8, 4) is 5.75 Å². The van der Waals surface area contributed by atoms with Crippen LogP contribution in [0.4, 0.5) is 5.69 Å². The van der Waals surface area contributed by atoms with Crippen molar-refractivity contribution in [2.75, 3.05) is 25.1 Å². The molecule has 6 nitrogen and oxygen atoms in total. The first-order valence-corrected chi connectivity index (χ1v) is 9.34. The summed E-state index contributed by atoms with van der Waals surface area (Å²) in [6, 6.07) is 7.50. The van der Waals surface area contributed by atoms with E-state index >= 15 is 0 Å². The number of amides is 1. The van der Waals surface area contributed by atoms with E-state index in [0.717, 1.165) is 55.3 Å². The lowest BCUT2D eigenvalue weighted by Gasteiger charge is -2.38. The number of methoxy groups -OCH3 is 1. The fraction of sp³-hybridized carbons (Fsp3) is 0.500. The van der Waals surface area contributed by atoms with Gasteiger partial charge in [0.25, 0.3) is 0 Å². The van der Waals surface area contributed by atoms with Crippen LogP contribution in [0.5, 0.6) is 5.75 Å². The number of nitrogens with one attached hydrogen (secondary N) is 1. The Morgan fingerprint density at radius 2 is 2.04 bits per heavy atom. The standard InChI is InChI=1S/C20H28N4O2/c1-4-5-6-19-21-13-16(22-19)14-23-11-12-24(20(25)15(23)2)17-7-9-18(26-3)10-8-17/h7-10,13,15H,4-6,11-12,14H2,1-3H3,(H,21,22). The summed E-state index contributed by atoms with van der Waals surface area (Å²) in [4.78, 5) is 24.8. The van der Waals surface area contributed by atoms with E-state index in [0.29, 0.717) is 6.54 Å². The molecule has 2 heterocycles. The molecular weight excluding hydrogens is 328 g/mol. The third-order valence-electron chi connectivity index (χ3n) is 4.99. The van der Waals surface area contributed by atoms with Crippen LogP contribution in [0.1, 0.15) is 38.2 Å². The quantitative estimate of drug-likeness (QED) is 0.828. The molecule has 0 spiro atoms. The number of rotatable bonds is 7. The number of hydrogen-bond donors (Lipinski definition) is 1. The fourth-order valence-electron chi connectivity index (χ4n) is 3.32. The van der Waals surface area contributed by atoms with E-state index in [1.54, 1.807) is 7.11 Å². The number of aromatic nitrogens is 2. The van der Waals surface area contributed by atoms with Crippen LogP contribution in [0.15, 0.2) is 30.5 Å². The largest absolute Gasteiger partial charge is 0.497 e. The summed E-state index contributed by atoms with van der Waals surface area (Å²) in [5.74, 6) is 1.97. The van der Waals surface area contributed by atoms with Crippen LogP contribution in [0.3, 0.4) is 0 Å². The monoisotopic (exact) mass is 356 g/mol. The molecular formula is C20H28N4O2. The highest BCUT2D eigenvalue weighted by atomic mass is 16.5. The maximum atomic E-state index is 12.9. The summed E-state index contributed by atoms with van der Waals surface area (Å²) in [5.41, 5.74) is 2.00. The number of unbranched alkanes of at least 4 members (excludes halogenated alkanes) is 1. The van der Waals surface area contributed by atoms with Crippen molar-refractivity contribution in [1.29, 1.82) is 0 Å². The number of ether oxygens (including phenoxy) is 1. The molecule has 1 aliphatic heterocycles. The SMILES string of the molecule is CCCCc1ncc(CN2CCN(c3ccc(OC)cc3)C(=O)C2C)[nH]1. The maximum absolute atomic E-state index is 12.9. The number of H-pyrrole nitrogens is 1. The van der Waals surface area contributed by atoms with E-state index in [4.69, 9.17) is 4.74 Å². The van der Waals surface area contributed by atoms with Crippen LogP contribution in [0, 0.1) is 0 Å². The van der Waals surface area contributed by atoms with Gasteiger partial charge in [-0.05, 0) is 37.6 Å². The third-order valence-corrected chi connectivity index (χ3v) is 4.99. The minimum Gasteiger partial charge on any atom is -0.497 e. The van der Waals surface area contributed by atoms with Crippen LogP contribution in [-0.2, 0) is 17.8 Å². The van der Waals surface area contributed by atoms with Crippen molar-refractivity contribution in [2.24, 2.45) is 0 Å². The molecule has 2 aromatic rings. The molecule has 3 rings (SSSR count). The second-order valence-corrected chi connectivity index (χ2v) is 6.79. The molecule has 1 aliphatic rings. The van der Waals surface area contributed by atoms with Gasteiger partial charge in [-0.2, -0.15) is 0 Å². The average molecular weight is 356 g/mol. The van der Waals surface area contributed by atoms with E-state index in [1.807, 2.05) is 42.3 Å². The van der Waals surface area contributed by atoms with Crippen molar-refractivity contribution < 1.29 is 9.53 Å². The fourth-order valence-corrected chi connectivity index (χ4v) is 3.32. The number of imidazole rings is 1. The Labute approximate surface area is 155 Å². The second kappa shape index (κ2) is 8.36. The minimum absolute atomic E-state index is 0.132. The van der Waals surface area contributed by atoms with E-state index in [9.17, 15) is 4.79 Å². The second-order valence-electron chi connectivity index (χ2n) is 6.79. The van der Waals surface area contributed by atoms with Gasteiger partial charge in [-0.3, -0.25) is 9.69 Å². The molecule has 1 N–H and O–H groups in total. The van der Waals surface area contributed by atoms with Gasteiger partial charge >= 0.3 is 0 Å². The topological polar surface area (TPSA) is 61.5 Å². The smallest absolute Gasteiger partial charge is 0.244 e. The van der Waals surface area contributed by atoms with Crippen molar-refractivity contribution in [1.82, 2.24) is 14.9 Å². The molecule has 1 aromatic carbocycles. The lowest BCUT2D eigenvalue weighted by molar-refractivity contribution is -0.125. The Morgan fingerprint density at radius 1 is 1.27 bits per heavy atom. The number of carbonyl (C=O) groups excluding carboxylic acids is 1. The highest BCUT2D eigenvalue weighted by Gasteiger charge is 2.32. The molecule has 1 unspecified atom stereocenters. The van der Waals surface area contributed by atoms with Crippen LogP contribution < -0.4 is 9.64 Å². The third kappa shape index (κ3) is 4.07. The predicted molar refractivity (Wildman–Crippen MR) is 102 cm³/mol. The van der Waals surface area contributed by atoms with E-state index in [1.165, 1.54) is 0 Å². The number of hydrogen-bond acceptors (Lipinski definition) is 4. The van der Waals surface area contributed by atoms with Crippen LogP contribution >= 0.6 is 0 Å². The zero-order chi connectivity index (χ0) is 18.5. The highest BCUT2D eigenvalue weighted by Crippen LogP contribution is 2.24. The summed E-state index contributed by atoms with van der Waals surface area (Å²) < 4.78 is 5.19. The van der Waals surface area contributed by atoms with Gasteiger partial charge in [0.1, 0.15) is 11.6 Å². The summed E-state index contributed by atoms with van der Waals surface area (Å²) in [6.07, 6.45) is 5.19. The van der Waals surface area contributed by atoms with E-state index in [-0.39, 0.29) is 11.9 Å². The van der Waals surface area contributed by atoms with Gasteiger partial charge in [-0.15, -0.1) is 0 Å². The lowest BCUT2D eigenvalue weighted by atomic mass is 10.1. The first kappa shape index (κ1) is 18.5. The van der Waals surface area contributed by atoms with Crippen LogP contribution in [0.25, 0.3) is 0 Å². The van der Waals surface area contributed by atoms with E-state index in [2.05, 4.69) is 21.8 Å². The predicted octanol–water partition coefficient (Wildman–Crippen LogP) is 3.00. The molecule has 26 heavy (non-hydrogen) atoms. The molecule has 140 valence electrons. The molecule has 0 aliphatic carbocycles. The zero-order valence-electron chi connectivity index (χ0n) is 15.9. The first-order chi connectivity index (χ1) is 12.6. The minimum atomic E-state index is -0.159. The number of piperazine rings is 1. The molecule has 0 saturated carbocycles. The van der Waals surface area contributed by atoms with Gasteiger partial charge in [0.2, 0.25) is 5.91 Å². The van der Waals surface area contributed by atoms with Gasteiger partial charge in [-0.1, -0.05) is 13.3 Å². The molecule has 1 atom stereocenters. The van der Waals surface area contributed by atoms with Gasteiger partial charge in [-0.25, -0.2) is 4.98 Å². The molecule has 0 radical (unpaired) electrons. The first-order valence-electron chi connectivity index (χ1n) is 9.34. The maximum Gasteiger partial charge on any atom is 0.244 e. The normalized spacial score (nSPS) is 18.3. The highest BCUT2D eigenvalue weighted by molar-refractivity contribution is 5.97. The number of benzene rings is 1. The van der Waals surface area contributed by atoms with E-state index < -0.39 is 0 Å². The Bertz CT molecular complexity index is 726. The molecule has 1 amide bonds. The lowest BCUT2D eigenvalue weighted by Crippen LogP contribution is -2.55. The number of carbonyl (C=O) groups is 1. The summed E-state index contributed by atoms with van der Waals surface area (Å²) >= 11 is 0. The number of aryl methyl sites for hydroxylation is 1. The summed E-state index contributed by atoms with van der Waals surface area (Å²) in [7, 11) is 1.64. The summed E-state index contributed by atoms with van der Waals surface area (Å²) in [6.45, 7) is 6.41. The Kier molecular flexibility index (Phi) is 5.93. The average Bonchev–Trinajstić information content (AvgIpc) is 3.11. The number of anilines is 1. The molecule has 1 fully saturated rings. The van der Waals surface area contributed by atoms with Gasteiger partial charge < -0.3 is 14.6 Å². The van der Waals surface area contributed by atoms with Crippen molar-refractivity contribution in [3.63, 3.8) is 0 Å². The molecule has 1 aromatic heterocycles. The number of aromatic amines is 1.